The number of thiazole rings is 1. The minimum Gasteiger partial charge on any atom is -0.477 e. The van der Waals surface area contributed by atoms with Crippen LogP contribution in [0.2, 0.25) is 0 Å². The third-order valence-corrected chi connectivity index (χ3v) is 6.46. The number of nitrogens with zero attached hydrogens (tertiary/aromatic N) is 2. The highest BCUT2D eigenvalue weighted by Crippen LogP contribution is 2.36. The lowest BCUT2D eigenvalue weighted by Crippen LogP contribution is -2.66. The SMILES string of the molecule is Cc1nc(CN2C(=O)C(C)(C)S2(=O)=O)sc1C(=O)O. The molecule has 1 N–H and O–H groups in total. The summed E-state index contributed by atoms with van der Waals surface area (Å²) in [6.45, 7) is 4.01. The van der Waals surface area contributed by atoms with Crippen LogP contribution in [-0.4, -0.2) is 39.4 Å². The van der Waals surface area contributed by atoms with E-state index in [9.17, 15) is 18.0 Å². The fraction of sp³-hybridized carbons (Fsp3) is 0.500. The number of carbonyl (C=O) groups is 2. The molecule has 2 rings (SSSR count). The maximum absolute atomic E-state index is 11.9. The minimum absolute atomic E-state index is 0.0552. The molecule has 0 saturated carbocycles. The molecule has 1 aromatic rings. The highest BCUT2D eigenvalue weighted by molar-refractivity contribution is 7.94. The van der Waals surface area contributed by atoms with Gasteiger partial charge in [-0.1, -0.05) is 0 Å². The van der Waals surface area contributed by atoms with Gasteiger partial charge >= 0.3 is 5.97 Å². The first-order valence-corrected chi connectivity index (χ1v) is 7.61. The summed E-state index contributed by atoms with van der Waals surface area (Å²) in [5.74, 6) is -1.61. The number of carboxylic acids is 1. The molecule has 19 heavy (non-hydrogen) atoms. The second-order valence-corrected chi connectivity index (χ2v) is 8.15. The van der Waals surface area contributed by atoms with Gasteiger partial charge in [0.2, 0.25) is 0 Å². The molecule has 0 aromatic carbocycles. The Bertz CT molecular complexity index is 674. The lowest BCUT2D eigenvalue weighted by atomic mass is 10.2. The van der Waals surface area contributed by atoms with Crippen LogP contribution in [0.25, 0.3) is 0 Å². The Morgan fingerprint density at radius 3 is 2.47 bits per heavy atom. The summed E-state index contributed by atoms with van der Waals surface area (Å²) in [6, 6.07) is 0. The van der Waals surface area contributed by atoms with Gasteiger partial charge in [0.05, 0.1) is 12.2 Å². The molecule has 0 radical (unpaired) electrons. The van der Waals surface area contributed by atoms with Crippen LogP contribution in [0.5, 0.6) is 0 Å². The summed E-state index contributed by atoms with van der Waals surface area (Å²) in [6.07, 6.45) is 0. The first-order chi connectivity index (χ1) is 8.59. The van der Waals surface area contributed by atoms with E-state index in [-0.39, 0.29) is 11.4 Å². The van der Waals surface area contributed by atoms with Gasteiger partial charge in [0.25, 0.3) is 15.9 Å². The zero-order chi connectivity index (χ0) is 14.6. The van der Waals surface area contributed by atoms with E-state index < -0.39 is 26.6 Å². The van der Waals surface area contributed by atoms with Crippen LogP contribution in [0.4, 0.5) is 0 Å². The van der Waals surface area contributed by atoms with Crippen molar-refractivity contribution in [2.75, 3.05) is 0 Å². The zero-order valence-corrected chi connectivity index (χ0v) is 12.1. The second kappa shape index (κ2) is 4.01. The average molecular weight is 304 g/mol. The summed E-state index contributed by atoms with van der Waals surface area (Å²) >= 11 is 0.879. The number of sulfonamides is 1. The second-order valence-electron chi connectivity index (χ2n) is 4.65. The summed E-state index contributed by atoms with van der Waals surface area (Å²) < 4.78 is 23.1. The maximum Gasteiger partial charge on any atom is 0.347 e. The van der Waals surface area contributed by atoms with Gasteiger partial charge in [-0.05, 0) is 20.8 Å². The Morgan fingerprint density at radius 2 is 2.05 bits per heavy atom. The minimum atomic E-state index is -3.67. The molecule has 0 bridgehead atoms. The Morgan fingerprint density at radius 1 is 1.47 bits per heavy atom. The molecule has 0 aliphatic carbocycles. The predicted molar refractivity (Wildman–Crippen MR) is 67.4 cm³/mol. The van der Waals surface area contributed by atoms with Gasteiger partial charge < -0.3 is 5.11 Å². The maximum atomic E-state index is 11.9. The molecule has 1 aromatic heterocycles. The van der Waals surface area contributed by atoms with Crippen molar-refractivity contribution in [2.45, 2.75) is 32.1 Å². The van der Waals surface area contributed by atoms with Gasteiger partial charge in [0.1, 0.15) is 9.88 Å². The van der Waals surface area contributed by atoms with Crippen LogP contribution in [0.3, 0.4) is 0 Å². The highest BCUT2D eigenvalue weighted by atomic mass is 32.2. The molecule has 1 aliphatic rings. The van der Waals surface area contributed by atoms with Crippen molar-refractivity contribution in [2.24, 2.45) is 0 Å². The molecule has 1 aliphatic heterocycles. The fourth-order valence-electron chi connectivity index (χ4n) is 1.75. The van der Waals surface area contributed by atoms with Crippen molar-refractivity contribution in [1.29, 1.82) is 0 Å². The van der Waals surface area contributed by atoms with Gasteiger partial charge in [-0.25, -0.2) is 22.5 Å². The Hall–Kier alpha value is -1.48. The summed E-state index contributed by atoms with van der Waals surface area (Å²) in [5.41, 5.74) is 0.317. The first-order valence-electron chi connectivity index (χ1n) is 5.35. The molecule has 1 saturated heterocycles. The normalized spacial score (nSPS) is 20.2. The molecule has 1 fully saturated rings. The van der Waals surface area contributed by atoms with Crippen LogP contribution < -0.4 is 0 Å². The average Bonchev–Trinajstić information content (AvgIpc) is 2.66. The van der Waals surface area contributed by atoms with Crippen LogP contribution in [-0.2, 0) is 21.4 Å². The van der Waals surface area contributed by atoms with E-state index in [1.54, 1.807) is 0 Å². The number of carboxylic acid groups (broad SMARTS) is 1. The van der Waals surface area contributed by atoms with E-state index >= 15 is 0 Å². The number of amides is 1. The van der Waals surface area contributed by atoms with Gasteiger partial charge in [0, 0.05) is 0 Å². The number of aromatic nitrogens is 1. The number of aryl methyl sites for hydroxylation is 1. The summed E-state index contributed by atoms with van der Waals surface area (Å²) in [7, 11) is -3.67. The Labute approximate surface area is 113 Å². The number of aromatic carboxylic acids is 1. The molecule has 2 heterocycles. The molecular weight excluding hydrogens is 292 g/mol. The van der Waals surface area contributed by atoms with Crippen molar-refractivity contribution < 1.29 is 23.1 Å². The third-order valence-electron chi connectivity index (χ3n) is 2.99. The molecule has 7 nitrogen and oxygen atoms in total. The van der Waals surface area contributed by atoms with Crippen LogP contribution in [0.15, 0.2) is 0 Å². The van der Waals surface area contributed by atoms with Gasteiger partial charge in [-0.3, -0.25) is 4.79 Å². The molecule has 1 amide bonds. The van der Waals surface area contributed by atoms with Crippen molar-refractivity contribution in [1.82, 2.24) is 9.29 Å². The number of hydrogen-bond donors (Lipinski definition) is 1. The van der Waals surface area contributed by atoms with E-state index in [1.807, 2.05) is 0 Å². The largest absolute Gasteiger partial charge is 0.477 e. The van der Waals surface area contributed by atoms with Crippen molar-refractivity contribution in [3.8, 4) is 0 Å². The monoisotopic (exact) mass is 304 g/mol. The third kappa shape index (κ3) is 1.84. The van der Waals surface area contributed by atoms with E-state index in [0.717, 1.165) is 15.6 Å². The van der Waals surface area contributed by atoms with Gasteiger partial charge in [-0.2, -0.15) is 0 Å². The molecule has 104 valence electrons. The standard InChI is InChI=1S/C10H12N2O5S2/c1-5-7(8(13)14)18-6(11-5)4-12-9(15)10(2,3)19(12,16)17/h4H2,1-3H3,(H,13,14). The molecule has 0 unspecified atom stereocenters. The van der Waals surface area contributed by atoms with Crippen LogP contribution >= 0.6 is 11.3 Å². The van der Waals surface area contributed by atoms with Crippen molar-refractivity contribution >= 4 is 33.2 Å². The Kier molecular flexibility index (Phi) is 2.94. The predicted octanol–water partition coefficient (Wildman–Crippen LogP) is 0.600. The highest BCUT2D eigenvalue weighted by Gasteiger charge is 2.60. The van der Waals surface area contributed by atoms with E-state index in [2.05, 4.69) is 4.98 Å². The van der Waals surface area contributed by atoms with Crippen molar-refractivity contribution in [3.63, 3.8) is 0 Å². The zero-order valence-electron chi connectivity index (χ0n) is 10.5. The number of carbonyl (C=O) groups excluding carboxylic acids is 1. The quantitative estimate of drug-likeness (QED) is 0.876. The topological polar surface area (TPSA) is 105 Å². The fourth-order valence-corrected chi connectivity index (χ4v) is 4.22. The summed E-state index contributed by atoms with van der Waals surface area (Å²) in [5, 5.41) is 9.19. The summed E-state index contributed by atoms with van der Waals surface area (Å²) in [4.78, 5) is 26.6. The molecular formula is C10H12N2O5S2. The molecule has 9 heteroatoms. The van der Waals surface area contributed by atoms with E-state index in [0.29, 0.717) is 10.7 Å². The lowest BCUT2D eigenvalue weighted by Gasteiger charge is -2.42. The van der Waals surface area contributed by atoms with Gasteiger partial charge in [0.15, 0.2) is 4.75 Å². The number of rotatable bonds is 3. The smallest absolute Gasteiger partial charge is 0.347 e. The number of hydrogen-bond acceptors (Lipinski definition) is 6. The van der Waals surface area contributed by atoms with E-state index in [4.69, 9.17) is 5.11 Å². The first kappa shape index (κ1) is 13.9. The Balaban J connectivity index is 2.27. The van der Waals surface area contributed by atoms with Crippen LogP contribution in [0.1, 0.15) is 34.2 Å². The van der Waals surface area contributed by atoms with Crippen LogP contribution in [0, 0.1) is 6.92 Å². The van der Waals surface area contributed by atoms with Crippen molar-refractivity contribution in [3.05, 3.63) is 15.6 Å². The lowest BCUT2D eigenvalue weighted by molar-refractivity contribution is -0.132. The van der Waals surface area contributed by atoms with E-state index in [1.165, 1.54) is 20.8 Å². The van der Waals surface area contributed by atoms with Gasteiger partial charge in [-0.15, -0.1) is 11.3 Å². The molecule has 0 atom stereocenters. The molecule has 0 spiro atoms.